The molecule has 0 aromatic heterocycles. The summed E-state index contributed by atoms with van der Waals surface area (Å²) in [5.41, 5.74) is 7.02. The first-order valence-electron chi connectivity index (χ1n) is 15.5. The Hall–Kier alpha value is -2.08. The van der Waals surface area contributed by atoms with E-state index < -0.39 is 0 Å². The van der Waals surface area contributed by atoms with Crippen LogP contribution in [0.4, 0.5) is 0 Å². The third-order valence-electron chi connectivity index (χ3n) is 8.54. The third kappa shape index (κ3) is 9.59. The molecule has 0 N–H and O–H groups in total. The second-order valence-electron chi connectivity index (χ2n) is 13.2. The van der Waals surface area contributed by atoms with Crippen LogP contribution in [0.15, 0.2) is 46.1 Å². The number of amides is 1. The Bertz CT molecular complexity index is 939. The normalized spacial score (nSPS) is 19.4. The Morgan fingerprint density at radius 1 is 1.18 bits per heavy atom. The van der Waals surface area contributed by atoms with Gasteiger partial charge in [0.15, 0.2) is 0 Å². The second kappa shape index (κ2) is 15.5. The summed E-state index contributed by atoms with van der Waals surface area (Å²) in [6, 6.07) is 2.28. The number of hydrogen-bond donors (Lipinski definition) is 0. The fraction of sp³-hybridized carbons (Fsp3) is 0.714. The van der Waals surface area contributed by atoms with E-state index in [2.05, 4.69) is 84.6 Å². The molecule has 2 aliphatic rings. The van der Waals surface area contributed by atoms with Gasteiger partial charge in [-0.1, -0.05) is 89.8 Å². The fourth-order valence-corrected chi connectivity index (χ4v) is 6.75. The molecule has 1 amide bonds. The van der Waals surface area contributed by atoms with Gasteiger partial charge in [0.2, 0.25) is 5.91 Å². The van der Waals surface area contributed by atoms with Crippen LogP contribution in [0.25, 0.3) is 0 Å². The molecule has 212 valence electrons. The second-order valence-corrected chi connectivity index (χ2v) is 13.2. The first-order chi connectivity index (χ1) is 18.0. The summed E-state index contributed by atoms with van der Waals surface area (Å²) < 4.78 is 0. The predicted octanol–water partition coefficient (Wildman–Crippen LogP) is 9.73. The molecule has 0 spiro atoms. The Balaban J connectivity index is 2.16. The number of nitrogens with zero attached hydrogens (tertiary/aromatic N) is 2. The average Bonchev–Trinajstić information content (AvgIpc) is 3.06. The highest BCUT2D eigenvalue weighted by molar-refractivity contribution is 5.94. The quantitative estimate of drug-likeness (QED) is 0.254. The Kier molecular flexibility index (Phi) is 13.1. The first kappa shape index (κ1) is 32.1. The van der Waals surface area contributed by atoms with Gasteiger partial charge in [-0.05, 0) is 93.5 Å². The molecule has 38 heavy (non-hydrogen) atoms. The van der Waals surface area contributed by atoms with Crippen molar-refractivity contribution in [3.8, 4) is 6.07 Å². The van der Waals surface area contributed by atoms with E-state index in [1.807, 2.05) is 0 Å². The summed E-state index contributed by atoms with van der Waals surface area (Å²) in [6.07, 6.45) is 18.0. The maximum Gasteiger partial charge on any atom is 0.249 e. The van der Waals surface area contributed by atoms with Crippen molar-refractivity contribution in [3.63, 3.8) is 0 Å². The van der Waals surface area contributed by atoms with Gasteiger partial charge >= 0.3 is 0 Å². The van der Waals surface area contributed by atoms with Crippen molar-refractivity contribution in [2.45, 2.75) is 126 Å². The van der Waals surface area contributed by atoms with Crippen LogP contribution in [0.2, 0.25) is 0 Å². The van der Waals surface area contributed by atoms with Crippen LogP contribution >= 0.6 is 0 Å². The van der Waals surface area contributed by atoms with E-state index in [9.17, 15) is 4.79 Å². The van der Waals surface area contributed by atoms with Crippen LogP contribution < -0.4 is 0 Å². The van der Waals surface area contributed by atoms with Crippen LogP contribution in [0, 0.1) is 34.5 Å². The fourth-order valence-electron chi connectivity index (χ4n) is 6.75. The molecule has 1 heterocycles. The van der Waals surface area contributed by atoms with E-state index in [0.717, 1.165) is 63.6 Å². The SMILES string of the molecule is CCCC(CC(C)C)/C(CC)=C(/C=C\CC#N)CC1CCN(C(=O)C2=CC(C)=C(C(C)(C)C)CCC2)CC1. The molecule has 0 aromatic rings. The number of rotatable bonds is 11. The lowest BCUT2D eigenvalue weighted by Crippen LogP contribution is -2.39. The number of carbonyl (C=O) groups is 1. The zero-order chi connectivity index (χ0) is 28.3. The van der Waals surface area contributed by atoms with Crippen molar-refractivity contribution in [1.29, 1.82) is 5.26 Å². The van der Waals surface area contributed by atoms with Gasteiger partial charge in [-0.15, -0.1) is 0 Å². The van der Waals surface area contributed by atoms with E-state index in [1.165, 1.54) is 36.0 Å². The topological polar surface area (TPSA) is 44.1 Å². The molecule has 1 saturated heterocycles. The summed E-state index contributed by atoms with van der Waals surface area (Å²) in [5.74, 6) is 2.17. The van der Waals surface area contributed by atoms with Crippen LogP contribution in [0.5, 0.6) is 0 Å². The molecule has 1 aliphatic heterocycles. The largest absolute Gasteiger partial charge is 0.339 e. The van der Waals surface area contributed by atoms with E-state index in [-0.39, 0.29) is 11.3 Å². The maximum atomic E-state index is 13.5. The van der Waals surface area contributed by atoms with Crippen molar-refractivity contribution in [1.82, 2.24) is 4.90 Å². The summed E-state index contributed by atoms with van der Waals surface area (Å²) in [4.78, 5) is 15.6. The van der Waals surface area contributed by atoms with Gasteiger partial charge in [-0.2, -0.15) is 5.26 Å². The minimum absolute atomic E-state index is 0.160. The number of allylic oxidation sites excluding steroid dienone is 7. The third-order valence-corrected chi connectivity index (χ3v) is 8.54. The van der Waals surface area contributed by atoms with Crippen molar-refractivity contribution in [2.24, 2.45) is 23.2 Å². The first-order valence-corrected chi connectivity index (χ1v) is 15.5. The predicted molar refractivity (Wildman–Crippen MR) is 163 cm³/mol. The Morgan fingerprint density at radius 2 is 1.87 bits per heavy atom. The zero-order valence-electron chi connectivity index (χ0n) is 26.0. The lowest BCUT2D eigenvalue weighted by molar-refractivity contribution is -0.128. The number of piperidine rings is 1. The molecular weight excluding hydrogens is 464 g/mol. The minimum Gasteiger partial charge on any atom is -0.339 e. The van der Waals surface area contributed by atoms with Gasteiger partial charge < -0.3 is 4.90 Å². The van der Waals surface area contributed by atoms with Crippen molar-refractivity contribution in [3.05, 3.63) is 46.1 Å². The van der Waals surface area contributed by atoms with Crippen molar-refractivity contribution >= 4 is 5.91 Å². The van der Waals surface area contributed by atoms with Crippen LogP contribution in [-0.4, -0.2) is 23.9 Å². The Labute approximate surface area is 235 Å². The summed E-state index contributed by atoms with van der Waals surface area (Å²) in [5, 5.41) is 9.12. The molecule has 1 atom stereocenters. The molecule has 1 fully saturated rings. The zero-order valence-corrected chi connectivity index (χ0v) is 26.0. The molecule has 0 aromatic carbocycles. The van der Waals surface area contributed by atoms with E-state index in [1.54, 1.807) is 5.57 Å². The summed E-state index contributed by atoms with van der Waals surface area (Å²) >= 11 is 0. The smallest absolute Gasteiger partial charge is 0.249 e. The average molecular weight is 521 g/mol. The number of carbonyl (C=O) groups excluding carboxylic acids is 1. The number of likely N-dealkylation sites (tertiary alicyclic amines) is 1. The van der Waals surface area contributed by atoms with Gasteiger partial charge in [0, 0.05) is 18.7 Å². The Morgan fingerprint density at radius 3 is 2.42 bits per heavy atom. The lowest BCUT2D eigenvalue weighted by atomic mass is 9.79. The van der Waals surface area contributed by atoms with Crippen LogP contribution in [0.3, 0.4) is 0 Å². The number of hydrogen-bond acceptors (Lipinski definition) is 2. The summed E-state index contributed by atoms with van der Waals surface area (Å²) in [7, 11) is 0. The van der Waals surface area contributed by atoms with Gasteiger partial charge in [0.1, 0.15) is 0 Å². The molecule has 2 rings (SSSR count). The van der Waals surface area contributed by atoms with Gasteiger partial charge in [-0.25, -0.2) is 0 Å². The molecule has 3 heteroatoms. The highest BCUT2D eigenvalue weighted by Gasteiger charge is 2.28. The lowest BCUT2D eigenvalue weighted by Gasteiger charge is -2.34. The van der Waals surface area contributed by atoms with Crippen LogP contribution in [0.1, 0.15) is 126 Å². The highest BCUT2D eigenvalue weighted by atomic mass is 16.2. The van der Waals surface area contributed by atoms with Gasteiger partial charge in [0.25, 0.3) is 0 Å². The molecule has 0 radical (unpaired) electrons. The molecule has 1 aliphatic carbocycles. The minimum atomic E-state index is 0.160. The summed E-state index contributed by atoms with van der Waals surface area (Å²) in [6.45, 7) is 20.0. The van der Waals surface area contributed by atoms with E-state index in [0.29, 0.717) is 24.2 Å². The molecule has 1 unspecified atom stereocenters. The molecule has 0 saturated carbocycles. The maximum absolute atomic E-state index is 13.5. The highest BCUT2D eigenvalue weighted by Crippen LogP contribution is 2.37. The van der Waals surface area contributed by atoms with Gasteiger partial charge in [0.05, 0.1) is 12.5 Å². The standard InChI is InChI=1S/C35H56N2O/c1-9-14-29(23-26(3)4)32(10-2)30(15-11-12-20-36)25-28-18-21-37(22-19-28)34(38)31-16-13-17-33(27(5)24-31)35(6,7)8/h11,15,24,26,28-29H,9-10,12-14,16-19,21-23,25H2,1-8H3/b15-11-,32-30-. The monoisotopic (exact) mass is 520 g/mol. The van der Waals surface area contributed by atoms with Crippen molar-refractivity contribution in [2.75, 3.05) is 13.1 Å². The van der Waals surface area contributed by atoms with E-state index >= 15 is 0 Å². The van der Waals surface area contributed by atoms with E-state index in [4.69, 9.17) is 5.26 Å². The number of nitriles is 1. The molecule has 0 bridgehead atoms. The van der Waals surface area contributed by atoms with Crippen LogP contribution in [-0.2, 0) is 4.79 Å². The van der Waals surface area contributed by atoms with Crippen molar-refractivity contribution < 1.29 is 4.79 Å². The molecule has 3 nitrogen and oxygen atoms in total. The molecular formula is C35H56N2O. The van der Waals surface area contributed by atoms with Gasteiger partial charge in [-0.3, -0.25) is 4.79 Å².